The minimum Gasteiger partial charge on any atom is -0.439 e. The van der Waals surface area contributed by atoms with Crippen molar-refractivity contribution in [2.24, 2.45) is 0 Å². The molecule has 2 aromatic heterocycles. The van der Waals surface area contributed by atoms with Gasteiger partial charge >= 0.3 is 0 Å². The molecule has 0 fully saturated rings. The molecule has 0 bridgehead atoms. The number of nitrogens with zero attached hydrogens (tertiary/aromatic N) is 2. The van der Waals surface area contributed by atoms with Gasteiger partial charge in [-0.05, 0) is 24.6 Å². The molecule has 3 aromatic rings. The minimum absolute atomic E-state index is 0.152. The maximum atomic E-state index is 12.2. The van der Waals surface area contributed by atoms with Gasteiger partial charge in [-0.2, -0.15) is 0 Å². The first kappa shape index (κ1) is 16.1. The van der Waals surface area contributed by atoms with E-state index in [4.69, 9.17) is 4.42 Å². The molecule has 0 saturated carbocycles. The van der Waals surface area contributed by atoms with Gasteiger partial charge in [-0.3, -0.25) is 4.79 Å². The summed E-state index contributed by atoms with van der Waals surface area (Å²) in [5.41, 5.74) is 2.58. The summed E-state index contributed by atoms with van der Waals surface area (Å²) in [7, 11) is 0. The SMILES string of the molecule is Cc1nc(C)c(-c2csc(CC(=O)Cc3ccc(Br)cc3)n2)o1. The number of ketones is 1. The van der Waals surface area contributed by atoms with Gasteiger partial charge in [-0.25, -0.2) is 9.97 Å². The molecule has 0 unspecified atom stereocenters. The summed E-state index contributed by atoms with van der Waals surface area (Å²) >= 11 is 4.87. The molecule has 0 amide bonds. The van der Waals surface area contributed by atoms with Crippen molar-refractivity contribution >= 4 is 33.0 Å². The summed E-state index contributed by atoms with van der Waals surface area (Å²) in [6.45, 7) is 3.70. The fourth-order valence-electron chi connectivity index (χ4n) is 2.33. The molecule has 0 N–H and O–H groups in total. The molecule has 6 heteroatoms. The number of thiazole rings is 1. The number of halogens is 1. The lowest BCUT2D eigenvalue weighted by molar-refractivity contribution is -0.117. The fourth-order valence-corrected chi connectivity index (χ4v) is 3.39. The predicted octanol–water partition coefficient (Wildman–Crippen LogP) is 4.53. The minimum atomic E-state index is 0.152. The van der Waals surface area contributed by atoms with Gasteiger partial charge in [0.1, 0.15) is 16.5 Å². The van der Waals surface area contributed by atoms with Crippen LogP contribution in [0.5, 0.6) is 0 Å². The maximum Gasteiger partial charge on any atom is 0.192 e. The van der Waals surface area contributed by atoms with Crippen molar-refractivity contribution in [3.8, 4) is 11.5 Å². The van der Waals surface area contributed by atoms with Gasteiger partial charge in [0.05, 0.1) is 12.1 Å². The molecule has 0 saturated heterocycles. The predicted molar refractivity (Wildman–Crippen MR) is 93.6 cm³/mol. The fraction of sp³-hybridized carbons (Fsp3) is 0.235. The molecule has 0 aliphatic carbocycles. The number of carbonyl (C=O) groups excluding carboxylic acids is 1. The molecule has 2 heterocycles. The van der Waals surface area contributed by atoms with Crippen molar-refractivity contribution in [2.45, 2.75) is 26.7 Å². The van der Waals surface area contributed by atoms with Gasteiger partial charge in [0, 0.05) is 23.2 Å². The molecular weight excluding hydrogens is 376 g/mol. The highest BCUT2D eigenvalue weighted by Gasteiger charge is 2.15. The van der Waals surface area contributed by atoms with E-state index in [9.17, 15) is 4.79 Å². The zero-order chi connectivity index (χ0) is 16.4. The van der Waals surface area contributed by atoms with E-state index in [1.54, 1.807) is 0 Å². The second-order valence-electron chi connectivity index (χ2n) is 5.29. The first-order valence-electron chi connectivity index (χ1n) is 7.16. The number of aryl methyl sites for hydroxylation is 2. The van der Waals surface area contributed by atoms with E-state index >= 15 is 0 Å². The lowest BCUT2D eigenvalue weighted by atomic mass is 10.1. The number of aromatic nitrogens is 2. The monoisotopic (exact) mass is 390 g/mol. The summed E-state index contributed by atoms with van der Waals surface area (Å²) in [5, 5.41) is 2.71. The van der Waals surface area contributed by atoms with Gasteiger partial charge in [0.25, 0.3) is 0 Å². The quantitative estimate of drug-likeness (QED) is 0.641. The van der Waals surface area contributed by atoms with Gasteiger partial charge in [-0.1, -0.05) is 28.1 Å². The third-order valence-corrected chi connectivity index (χ3v) is 4.73. The first-order chi connectivity index (χ1) is 11.0. The third-order valence-electron chi connectivity index (χ3n) is 3.35. The standard InChI is InChI=1S/C17H15BrN2O2S/c1-10-17(22-11(2)19-10)15-9-23-16(20-15)8-14(21)7-12-3-5-13(18)6-4-12/h3-6,9H,7-8H2,1-2H3. The van der Waals surface area contributed by atoms with E-state index in [1.807, 2.05) is 43.5 Å². The van der Waals surface area contributed by atoms with E-state index in [-0.39, 0.29) is 5.78 Å². The van der Waals surface area contributed by atoms with Crippen LogP contribution < -0.4 is 0 Å². The second kappa shape index (κ2) is 6.76. The van der Waals surface area contributed by atoms with Crippen molar-refractivity contribution in [1.29, 1.82) is 0 Å². The zero-order valence-electron chi connectivity index (χ0n) is 12.8. The van der Waals surface area contributed by atoms with Crippen molar-refractivity contribution in [1.82, 2.24) is 9.97 Å². The smallest absolute Gasteiger partial charge is 0.192 e. The molecule has 23 heavy (non-hydrogen) atoms. The molecule has 1 aromatic carbocycles. The lowest BCUT2D eigenvalue weighted by Gasteiger charge is -2.00. The number of hydrogen-bond acceptors (Lipinski definition) is 5. The Morgan fingerprint density at radius 1 is 1.17 bits per heavy atom. The second-order valence-corrected chi connectivity index (χ2v) is 7.15. The maximum absolute atomic E-state index is 12.2. The van der Waals surface area contributed by atoms with E-state index in [2.05, 4.69) is 25.9 Å². The van der Waals surface area contributed by atoms with Crippen LogP contribution in [0.15, 0.2) is 38.5 Å². The van der Waals surface area contributed by atoms with Crippen LogP contribution in [0.2, 0.25) is 0 Å². The normalized spacial score (nSPS) is 10.9. The van der Waals surface area contributed by atoms with Gasteiger partial charge in [-0.15, -0.1) is 11.3 Å². The Morgan fingerprint density at radius 3 is 2.57 bits per heavy atom. The molecule has 3 rings (SSSR count). The molecule has 118 valence electrons. The average molecular weight is 391 g/mol. The summed E-state index contributed by atoms with van der Waals surface area (Å²) < 4.78 is 6.58. The van der Waals surface area contributed by atoms with Crippen LogP contribution in [-0.2, 0) is 17.6 Å². The molecule has 0 aliphatic heterocycles. The summed E-state index contributed by atoms with van der Waals surface area (Å²) in [6.07, 6.45) is 0.759. The van der Waals surface area contributed by atoms with Crippen LogP contribution in [0.25, 0.3) is 11.5 Å². The molecule has 0 atom stereocenters. The van der Waals surface area contributed by atoms with Crippen LogP contribution in [0.3, 0.4) is 0 Å². The first-order valence-corrected chi connectivity index (χ1v) is 8.83. The van der Waals surface area contributed by atoms with E-state index in [1.165, 1.54) is 11.3 Å². The number of rotatable bonds is 5. The Morgan fingerprint density at radius 2 is 1.91 bits per heavy atom. The van der Waals surface area contributed by atoms with E-state index < -0.39 is 0 Å². The summed E-state index contributed by atoms with van der Waals surface area (Å²) in [4.78, 5) is 21.0. The van der Waals surface area contributed by atoms with Gasteiger partial charge < -0.3 is 4.42 Å². The largest absolute Gasteiger partial charge is 0.439 e. The highest BCUT2D eigenvalue weighted by Crippen LogP contribution is 2.26. The van der Waals surface area contributed by atoms with Gasteiger partial charge in [0.2, 0.25) is 0 Å². The van der Waals surface area contributed by atoms with Crippen LogP contribution in [0.4, 0.5) is 0 Å². The molecular formula is C17H15BrN2O2S. The number of oxazole rings is 1. The highest BCUT2D eigenvalue weighted by atomic mass is 79.9. The highest BCUT2D eigenvalue weighted by molar-refractivity contribution is 9.10. The number of benzene rings is 1. The van der Waals surface area contributed by atoms with E-state index in [0.717, 1.165) is 26.4 Å². The molecule has 4 nitrogen and oxygen atoms in total. The molecule has 0 spiro atoms. The molecule has 0 aliphatic rings. The summed E-state index contributed by atoms with van der Waals surface area (Å²) in [5.74, 6) is 1.46. The number of hydrogen-bond donors (Lipinski definition) is 0. The van der Waals surface area contributed by atoms with Crippen molar-refractivity contribution in [2.75, 3.05) is 0 Å². The Balaban J connectivity index is 1.68. The van der Waals surface area contributed by atoms with Crippen LogP contribution in [0, 0.1) is 13.8 Å². The topological polar surface area (TPSA) is 56.0 Å². The number of carbonyl (C=O) groups is 1. The van der Waals surface area contributed by atoms with Gasteiger partial charge in [0.15, 0.2) is 11.7 Å². The van der Waals surface area contributed by atoms with Crippen LogP contribution in [-0.4, -0.2) is 15.8 Å². The third kappa shape index (κ3) is 3.95. The Bertz CT molecular complexity index is 837. The van der Waals surface area contributed by atoms with Crippen LogP contribution >= 0.6 is 27.3 Å². The summed E-state index contributed by atoms with van der Waals surface area (Å²) in [6, 6.07) is 7.80. The van der Waals surface area contributed by atoms with Crippen molar-refractivity contribution in [3.05, 3.63) is 56.3 Å². The van der Waals surface area contributed by atoms with Crippen molar-refractivity contribution < 1.29 is 9.21 Å². The Kier molecular flexibility index (Phi) is 4.73. The van der Waals surface area contributed by atoms with Crippen LogP contribution in [0.1, 0.15) is 22.2 Å². The number of Topliss-reactive ketones (excluding diaryl/α,β-unsaturated/α-hetero) is 1. The average Bonchev–Trinajstić information content (AvgIpc) is 3.07. The van der Waals surface area contributed by atoms with E-state index in [0.29, 0.717) is 24.5 Å². The lowest BCUT2D eigenvalue weighted by Crippen LogP contribution is -2.06. The van der Waals surface area contributed by atoms with Crippen molar-refractivity contribution in [3.63, 3.8) is 0 Å². The molecule has 0 radical (unpaired) electrons. The Labute approximate surface area is 146 Å². The Hall–Kier alpha value is -1.79. The zero-order valence-corrected chi connectivity index (χ0v) is 15.2.